The summed E-state index contributed by atoms with van der Waals surface area (Å²) in [7, 11) is 1.61. The van der Waals surface area contributed by atoms with Gasteiger partial charge in [-0.25, -0.2) is 0 Å². The molecule has 1 atom stereocenters. The molecular formula is C22H26N2O3. The van der Waals surface area contributed by atoms with Gasteiger partial charge in [-0.15, -0.1) is 0 Å². The minimum atomic E-state index is -0.522. The molecule has 2 aromatic rings. The number of anilines is 1. The average Bonchev–Trinajstić information content (AvgIpc) is 2.86. The smallest absolute Gasteiger partial charge is 0.243 e. The number of rotatable bonds is 6. The predicted molar refractivity (Wildman–Crippen MR) is 106 cm³/mol. The highest BCUT2D eigenvalue weighted by Crippen LogP contribution is 2.29. The Balaban J connectivity index is 1.81. The van der Waals surface area contributed by atoms with E-state index in [-0.39, 0.29) is 11.8 Å². The highest BCUT2D eigenvalue weighted by Gasteiger charge is 2.32. The maximum absolute atomic E-state index is 13.0. The van der Waals surface area contributed by atoms with Crippen LogP contribution in [0.3, 0.4) is 0 Å². The molecule has 1 aliphatic heterocycles. The van der Waals surface area contributed by atoms with E-state index in [0.717, 1.165) is 35.4 Å². The number of ether oxygens (including phenoxy) is 1. The van der Waals surface area contributed by atoms with Crippen molar-refractivity contribution in [3.8, 4) is 5.75 Å². The van der Waals surface area contributed by atoms with Crippen molar-refractivity contribution in [3.05, 3.63) is 59.7 Å². The lowest BCUT2D eigenvalue weighted by molar-refractivity contribution is -0.126. The lowest BCUT2D eigenvalue weighted by Crippen LogP contribution is -2.49. The Labute approximate surface area is 160 Å². The van der Waals surface area contributed by atoms with Gasteiger partial charge in [-0.2, -0.15) is 0 Å². The topological polar surface area (TPSA) is 58.6 Å². The van der Waals surface area contributed by atoms with Gasteiger partial charge in [0.25, 0.3) is 0 Å². The van der Waals surface area contributed by atoms with Crippen LogP contribution < -0.4 is 15.0 Å². The Hall–Kier alpha value is -2.82. The van der Waals surface area contributed by atoms with E-state index in [4.69, 9.17) is 4.74 Å². The van der Waals surface area contributed by atoms with E-state index in [1.165, 1.54) is 0 Å². The van der Waals surface area contributed by atoms with E-state index in [9.17, 15) is 9.59 Å². The minimum Gasteiger partial charge on any atom is -0.496 e. The Morgan fingerprint density at radius 2 is 1.89 bits per heavy atom. The van der Waals surface area contributed by atoms with E-state index in [1.54, 1.807) is 12.0 Å². The summed E-state index contributed by atoms with van der Waals surface area (Å²) in [6, 6.07) is 15.0. The van der Waals surface area contributed by atoms with Crippen LogP contribution in [-0.4, -0.2) is 25.0 Å². The average molecular weight is 366 g/mol. The first-order valence-corrected chi connectivity index (χ1v) is 9.45. The molecule has 0 aromatic heterocycles. The van der Waals surface area contributed by atoms with E-state index in [0.29, 0.717) is 19.4 Å². The molecule has 2 aromatic carbocycles. The lowest BCUT2D eigenvalue weighted by Gasteiger charge is -2.30. The molecule has 0 saturated heterocycles. The molecular weight excluding hydrogens is 340 g/mol. The maximum Gasteiger partial charge on any atom is 0.243 e. The fourth-order valence-electron chi connectivity index (χ4n) is 3.62. The molecule has 3 rings (SSSR count). The second-order valence-corrected chi connectivity index (χ2v) is 6.70. The van der Waals surface area contributed by atoms with Crippen molar-refractivity contribution in [1.82, 2.24) is 5.32 Å². The van der Waals surface area contributed by atoms with Gasteiger partial charge in [0.1, 0.15) is 11.8 Å². The van der Waals surface area contributed by atoms with Gasteiger partial charge in [-0.05, 0) is 37.0 Å². The molecule has 1 unspecified atom stereocenters. The van der Waals surface area contributed by atoms with Gasteiger partial charge in [0.2, 0.25) is 11.8 Å². The van der Waals surface area contributed by atoms with Crippen molar-refractivity contribution in [2.75, 3.05) is 12.0 Å². The molecule has 142 valence electrons. The third-order valence-electron chi connectivity index (χ3n) is 5.00. The SMILES string of the molecule is CCC(C(=O)NCc1ccccc1OC)N1C(=O)CCCc2ccccc21. The van der Waals surface area contributed by atoms with Crippen molar-refractivity contribution in [2.45, 2.75) is 45.2 Å². The van der Waals surface area contributed by atoms with Gasteiger partial charge in [-0.3, -0.25) is 14.5 Å². The van der Waals surface area contributed by atoms with E-state index < -0.39 is 6.04 Å². The zero-order valence-electron chi connectivity index (χ0n) is 15.9. The van der Waals surface area contributed by atoms with Crippen molar-refractivity contribution >= 4 is 17.5 Å². The number of amides is 2. The van der Waals surface area contributed by atoms with Crippen molar-refractivity contribution in [3.63, 3.8) is 0 Å². The zero-order chi connectivity index (χ0) is 19.2. The number of benzene rings is 2. The molecule has 0 fully saturated rings. The fraction of sp³-hybridized carbons (Fsp3) is 0.364. The van der Waals surface area contributed by atoms with Crippen LogP contribution in [-0.2, 0) is 22.6 Å². The number of aryl methyl sites for hydroxylation is 1. The van der Waals surface area contributed by atoms with Gasteiger partial charge in [-0.1, -0.05) is 43.3 Å². The zero-order valence-corrected chi connectivity index (χ0v) is 15.9. The van der Waals surface area contributed by atoms with Crippen LogP contribution in [0.2, 0.25) is 0 Å². The molecule has 27 heavy (non-hydrogen) atoms. The van der Waals surface area contributed by atoms with Crippen LogP contribution in [0, 0.1) is 0 Å². The number of carbonyl (C=O) groups excluding carboxylic acids is 2. The molecule has 1 aliphatic rings. The summed E-state index contributed by atoms with van der Waals surface area (Å²) in [6.45, 7) is 2.30. The Bertz CT molecular complexity index is 819. The first kappa shape index (κ1) is 19.0. The summed E-state index contributed by atoms with van der Waals surface area (Å²) in [5.74, 6) is 0.606. The van der Waals surface area contributed by atoms with Crippen molar-refractivity contribution in [2.24, 2.45) is 0 Å². The number of methoxy groups -OCH3 is 1. The number of hydrogen-bond acceptors (Lipinski definition) is 3. The molecule has 0 spiro atoms. The Kier molecular flexibility index (Phi) is 6.12. The van der Waals surface area contributed by atoms with Crippen LogP contribution in [0.25, 0.3) is 0 Å². The van der Waals surface area contributed by atoms with Gasteiger partial charge in [0, 0.05) is 24.2 Å². The summed E-state index contributed by atoms with van der Waals surface area (Å²) < 4.78 is 5.34. The van der Waals surface area contributed by atoms with Crippen molar-refractivity contribution < 1.29 is 14.3 Å². The number of fused-ring (bicyclic) bond motifs is 1. The number of nitrogens with zero attached hydrogens (tertiary/aromatic N) is 1. The number of nitrogens with one attached hydrogen (secondary N) is 1. The Morgan fingerprint density at radius 3 is 2.67 bits per heavy atom. The second kappa shape index (κ2) is 8.71. The van der Waals surface area contributed by atoms with Crippen LogP contribution in [0.4, 0.5) is 5.69 Å². The third-order valence-corrected chi connectivity index (χ3v) is 5.00. The van der Waals surface area contributed by atoms with Crippen LogP contribution in [0.1, 0.15) is 37.3 Å². The summed E-state index contributed by atoms with van der Waals surface area (Å²) in [4.78, 5) is 27.4. The monoisotopic (exact) mass is 366 g/mol. The highest BCUT2D eigenvalue weighted by molar-refractivity contribution is 6.01. The second-order valence-electron chi connectivity index (χ2n) is 6.70. The van der Waals surface area contributed by atoms with Gasteiger partial charge >= 0.3 is 0 Å². The van der Waals surface area contributed by atoms with Gasteiger partial charge in [0.15, 0.2) is 0 Å². The molecule has 5 nitrogen and oxygen atoms in total. The first-order chi connectivity index (χ1) is 13.2. The van der Waals surface area contributed by atoms with Crippen LogP contribution in [0.5, 0.6) is 5.75 Å². The van der Waals surface area contributed by atoms with E-state index in [1.807, 2.05) is 55.5 Å². The first-order valence-electron chi connectivity index (χ1n) is 9.45. The van der Waals surface area contributed by atoms with Crippen LogP contribution >= 0.6 is 0 Å². The number of para-hydroxylation sites is 2. The lowest BCUT2D eigenvalue weighted by atomic mass is 10.1. The molecule has 0 bridgehead atoms. The molecule has 1 N–H and O–H groups in total. The summed E-state index contributed by atoms with van der Waals surface area (Å²) in [5, 5.41) is 2.98. The minimum absolute atomic E-state index is 0.0132. The van der Waals surface area contributed by atoms with Crippen molar-refractivity contribution in [1.29, 1.82) is 0 Å². The molecule has 0 saturated carbocycles. The quantitative estimate of drug-likeness (QED) is 0.852. The summed E-state index contributed by atoms with van der Waals surface area (Å²) in [6.07, 6.45) is 2.69. The number of hydrogen-bond donors (Lipinski definition) is 1. The van der Waals surface area contributed by atoms with Crippen LogP contribution in [0.15, 0.2) is 48.5 Å². The Morgan fingerprint density at radius 1 is 1.15 bits per heavy atom. The standard InChI is InChI=1S/C22H26N2O3/c1-3-18(22(26)23-15-17-10-5-7-13-20(17)27-2)24-19-12-6-4-9-16(19)11-8-14-21(24)25/h4-7,9-10,12-13,18H,3,8,11,14-15H2,1-2H3,(H,23,26). The fourth-order valence-corrected chi connectivity index (χ4v) is 3.62. The molecule has 0 radical (unpaired) electrons. The molecule has 0 aliphatic carbocycles. The van der Waals surface area contributed by atoms with E-state index >= 15 is 0 Å². The third kappa shape index (κ3) is 4.13. The van der Waals surface area contributed by atoms with E-state index in [2.05, 4.69) is 5.32 Å². The normalized spacial score (nSPS) is 14.9. The van der Waals surface area contributed by atoms with Gasteiger partial charge < -0.3 is 10.1 Å². The molecule has 5 heteroatoms. The summed E-state index contributed by atoms with van der Waals surface area (Å²) in [5.41, 5.74) is 2.89. The number of carbonyl (C=O) groups is 2. The molecule has 2 amide bonds. The largest absolute Gasteiger partial charge is 0.496 e. The van der Waals surface area contributed by atoms with Gasteiger partial charge in [0.05, 0.1) is 7.11 Å². The predicted octanol–water partition coefficient (Wildman–Crippen LogP) is 3.46. The highest BCUT2D eigenvalue weighted by atomic mass is 16.5. The molecule has 1 heterocycles. The summed E-state index contributed by atoms with van der Waals surface area (Å²) >= 11 is 0. The maximum atomic E-state index is 13.0.